The van der Waals surface area contributed by atoms with E-state index in [4.69, 9.17) is 42.6 Å². The molecule has 0 bridgehead atoms. The zero-order valence-corrected chi connectivity index (χ0v) is 62.0. The number of hydrogen-bond donors (Lipinski definition) is 9. The monoisotopic (exact) mass is 1570 g/mol. The third-order valence-corrected chi connectivity index (χ3v) is 18.5. The average molecular weight is 1570 g/mol. The number of carbonyl (C=O) groups is 3. The lowest BCUT2D eigenvalue weighted by Gasteiger charge is -2.19. The molecule has 0 saturated carbocycles. The van der Waals surface area contributed by atoms with Crippen LogP contribution in [0.3, 0.4) is 0 Å². The fourth-order valence-corrected chi connectivity index (χ4v) is 11.8. The molecule has 103 heavy (non-hydrogen) atoms. The summed E-state index contributed by atoms with van der Waals surface area (Å²) in [4.78, 5) is 39.8. The molecule has 0 atom stereocenters. The molecule has 3 aromatic carbocycles. The third kappa shape index (κ3) is 35.8. The van der Waals surface area contributed by atoms with Crippen molar-refractivity contribution in [2.75, 3.05) is 121 Å². The first-order valence-corrected chi connectivity index (χ1v) is 41.5. The van der Waals surface area contributed by atoms with Crippen LogP contribution >= 0.6 is 12.6 Å². The number of benzene rings is 3. The van der Waals surface area contributed by atoms with Crippen LogP contribution in [-0.2, 0) is 76.5 Å². The fourth-order valence-electron chi connectivity index (χ4n) is 9.26. The smallest absolute Gasteiger partial charge is 0.264 e. The summed E-state index contributed by atoms with van der Waals surface area (Å²) in [6.07, 6.45) is 7.72. The Labute approximate surface area is 604 Å². The number of hydrogen-bond acceptors (Lipinski definition) is 28. The molecule has 0 aliphatic carbocycles. The minimum atomic E-state index is -4.36. The van der Waals surface area contributed by atoms with E-state index < -0.39 is 91.2 Å². The Morgan fingerprint density at radius 3 is 0.990 bits per heavy atom. The molecule has 578 valence electrons. The van der Waals surface area contributed by atoms with Gasteiger partial charge in [-0.1, -0.05) is 10.4 Å². The van der Waals surface area contributed by atoms with E-state index in [2.05, 4.69) is 49.2 Å². The molecule has 2 heterocycles. The quantitative estimate of drug-likeness (QED) is 0.0114. The Kier molecular flexibility index (Phi) is 36.7. The number of rotatable bonds is 56. The molecule has 0 aliphatic heterocycles. The van der Waals surface area contributed by atoms with Gasteiger partial charge in [-0.2, -0.15) is 54.7 Å². The molecule has 0 radical (unpaired) electrons. The molecule has 5 aromatic rings. The number of carbonyl (C=O) groups excluding carboxylic acids is 3. The normalized spacial score (nSPS) is 12.0. The van der Waals surface area contributed by atoms with Crippen LogP contribution in [0.1, 0.15) is 126 Å². The number of aryl methyl sites for hydroxylation is 4. The van der Waals surface area contributed by atoms with E-state index in [1.165, 1.54) is 31.2 Å². The molecule has 36 nitrogen and oxygen atoms in total. The lowest BCUT2D eigenvalue weighted by atomic mass is 10.1. The van der Waals surface area contributed by atoms with Gasteiger partial charge >= 0.3 is 0 Å². The van der Waals surface area contributed by atoms with Crippen molar-refractivity contribution < 1.29 is 122 Å². The molecule has 0 unspecified atom stereocenters. The molecule has 0 fully saturated rings. The van der Waals surface area contributed by atoms with E-state index in [0.717, 1.165) is 5.69 Å². The number of aromatic nitrogens is 6. The zero-order chi connectivity index (χ0) is 75.5. The zero-order valence-electron chi connectivity index (χ0n) is 57.0. The molecule has 2 aromatic heterocycles. The lowest BCUT2D eigenvalue weighted by Crippen LogP contribution is -2.25. The second kappa shape index (κ2) is 43.8. The number of Topliss-reactive ketones (excluding diaryl/α,β-unsaturated/α-hetero) is 1. The second-order valence-electron chi connectivity index (χ2n) is 23.1. The standard InChI is InChI=1S/C61H91N9O27S6/c1-45(71)46-37-51(89-22-5-3-15-49-43-69(67-65-49)20-7-17-63-60(72)47-39-53(91-24-9-31-98)57(95-28-13-35-102(83,84)85)54(40-47)92-25-10-32-99(74,75)76)59(97-30-19-62-2)52(38-46)90-23-6-4-16-50-44-70(68-66-50)21-8-18-64-61(73)48-41-55(93-26-11-33-100(77,78)79)58(96-29-14-36-103(86,87)88)56(42-48)94-27-12-34-101(80,81)82/h37-44,62,98H,3-36H2,1-2H3,(H,63,72)(H,64,73)(H,74,75,76)(H,77,78,79)(H,80,81,82)(H,83,84,85)(H,86,87,88). The predicted molar refractivity (Wildman–Crippen MR) is 376 cm³/mol. The van der Waals surface area contributed by atoms with Gasteiger partial charge in [0, 0.05) is 61.8 Å². The topological polar surface area (TPSA) is 504 Å². The third-order valence-electron chi connectivity index (χ3n) is 14.2. The Hall–Kier alpha value is -7.39. The summed E-state index contributed by atoms with van der Waals surface area (Å²) in [5, 5.41) is 25.7. The van der Waals surface area contributed by atoms with Crippen molar-refractivity contribution in [1.29, 1.82) is 0 Å². The van der Waals surface area contributed by atoms with E-state index in [1.807, 2.05) is 0 Å². The van der Waals surface area contributed by atoms with E-state index in [9.17, 15) is 79.2 Å². The number of thiol groups is 1. The van der Waals surface area contributed by atoms with Gasteiger partial charge in [-0.05, 0) is 146 Å². The van der Waals surface area contributed by atoms with E-state index in [1.54, 1.807) is 40.9 Å². The summed E-state index contributed by atoms with van der Waals surface area (Å²) in [5.41, 5.74) is 1.85. The van der Waals surface area contributed by atoms with Crippen LogP contribution in [0, 0.1) is 0 Å². The minimum Gasteiger partial charge on any atom is -0.490 e. The summed E-state index contributed by atoms with van der Waals surface area (Å²) in [5.74, 6) is -3.39. The number of nitrogens with one attached hydrogen (secondary N) is 3. The van der Waals surface area contributed by atoms with Crippen molar-refractivity contribution in [1.82, 2.24) is 45.9 Å². The van der Waals surface area contributed by atoms with Gasteiger partial charge in [-0.25, -0.2) is 0 Å². The average Bonchev–Trinajstić information content (AvgIpc) is 1.81. The Bertz CT molecular complexity index is 4050. The largest absolute Gasteiger partial charge is 0.490 e. The number of likely N-dealkylation sites (N-methyl/N-ethyl adjacent to an activating group) is 1. The van der Waals surface area contributed by atoms with Crippen molar-refractivity contribution in [2.24, 2.45) is 0 Å². The van der Waals surface area contributed by atoms with Gasteiger partial charge in [0.1, 0.15) is 6.61 Å². The highest BCUT2D eigenvalue weighted by molar-refractivity contribution is 7.86. The lowest BCUT2D eigenvalue weighted by molar-refractivity contribution is 0.0943. The Morgan fingerprint density at radius 1 is 0.398 bits per heavy atom. The van der Waals surface area contributed by atoms with Gasteiger partial charge in [0.25, 0.3) is 62.4 Å². The Balaban J connectivity index is 1.10. The van der Waals surface area contributed by atoms with Crippen LogP contribution in [0.5, 0.6) is 51.7 Å². The summed E-state index contributed by atoms with van der Waals surface area (Å²) in [7, 11) is -19.9. The van der Waals surface area contributed by atoms with Crippen molar-refractivity contribution in [2.45, 2.75) is 110 Å². The molecular formula is C61H91N9O27S6. The SMILES string of the molecule is CNCCOc1c(OCCCCc2cn(CCCNC(=O)c3cc(OCCCS)c(OCCCS(=O)(=O)O)c(OCCCS(=O)(=O)O)c3)nn2)cc(C(C)=O)cc1OCCCCc1cn(CCCNC(=O)c2cc(OCCCS(=O)(=O)O)c(OCCCS(=O)(=O)O)c(OCCCS(=O)(=O)O)c2)nn1. The van der Waals surface area contributed by atoms with Gasteiger partial charge < -0.3 is 58.6 Å². The molecule has 8 N–H and O–H groups in total. The summed E-state index contributed by atoms with van der Waals surface area (Å²) >= 11 is 4.21. The molecule has 0 spiro atoms. The minimum absolute atomic E-state index is 0.00524. The van der Waals surface area contributed by atoms with E-state index >= 15 is 0 Å². The summed E-state index contributed by atoms with van der Waals surface area (Å²) in [6, 6.07) is 8.55. The van der Waals surface area contributed by atoms with Gasteiger partial charge in [0.15, 0.2) is 40.3 Å². The summed E-state index contributed by atoms with van der Waals surface area (Å²) in [6.45, 7) is 2.65. The summed E-state index contributed by atoms with van der Waals surface area (Å²) < 4.78 is 216. The molecule has 5 rings (SSSR count). The maximum atomic E-state index is 13.5. The molecular weight excluding hydrogens is 1480 g/mol. The van der Waals surface area contributed by atoms with Crippen LogP contribution in [0.25, 0.3) is 0 Å². The molecule has 42 heteroatoms. The van der Waals surface area contributed by atoms with Crippen molar-refractivity contribution in [3.63, 3.8) is 0 Å². The van der Waals surface area contributed by atoms with E-state index in [0.29, 0.717) is 112 Å². The molecule has 2 amide bonds. The first-order valence-electron chi connectivity index (χ1n) is 32.8. The van der Waals surface area contributed by atoms with Gasteiger partial charge in [0.2, 0.25) is 17.2 Å². The maximum Gasteiger partial charge on any atom is 0.264 e. The van der Waals surface area contributed by atoms with Crippen LogP contribution in [0.4, 0.5) is 0 Å². The van der Waals surface area contributed by atoms with Crippen molar-refractivity contribution in [3.8, 4) is 51.7 Å². The molecule has 0 aliphatic rings. The number of amides is 2. The fraction of sp³-hybridized carbons (Fsp3) is 0.590. The number of ketones is 1. The first-order chi connectivity index (χ1) is 48.8. The van der Waals surface area contributed by atoms with Crippen molar-refractivity contribution in [3.05, 3.63) is 76.9 Å². The number of nitrogens with zero attached hydrogens (tertiary/aromatic N) is 6. The van der Waals surface area contributed by atoms with Crippen molar-refractivity contribution >= 4 is 80.8 Å². The first kappa shape index (κ1) is 86.3. The Morgan fingerprint density at radius 2 is 0.689 bits per heavy atom. The van der Waals surface area contributed by atoms with Gasteiger partial charge in [-0.3, -0.25) is 46.5 Å². The van der Waals surface area contributed by atoms with Gasteiger partial charge in [0.05, 0.1) is 93.0 Å². The number of ether oxygens (including phenoxy) is 9. The molecule has 0 saturated heterocycles. The highest BCUT2D eigenvalue weighted by Crippen LogP contribution is 2.42. The van der Waals surface area contributed by atoms with Gasteiger partial charge in [-0.15, -0.1) is 10.2 Å². The second-order valence-corrected chi connectivity index (χ2v) is 31.4. The van der Waals surface area contributed by atoms with E-state index in [-0.39, 0.29) is 156 Å². The highest BCUT2D eigenvalue weighted by Gasteiger charge is 2.24. The predicted octanol–water partition coefficient (Wildman–Crippen LogP) is 4.10. The van der Waals surface area contributed by atoms with Crippen LogP contribution in [0.15, 0.2) is 48.8 Å². The van der Waals surface area contributed by atoms with Crippen LogP contribution in [0.2, 0.25) is 0 Å². The highest BCUT2D eigenvalue weighted by atomic mass is 32.2. The number of unbranched alkanes of at least 4 members (excludes halogenated alkanes) is 2. The maximum absolute atomic E-state index is 13.5. The van der Waals surface area contributed by atoms with Crippen LogP contribution < -0.4 is 58.6 Å². The van der Waals surface area contributed by atoms with Crippen LogP contribution in [-0.4, -0.2) is 233 Å².